The molecule has 17 heavy (non-hydrogen) atoms. The number of hydrogen-bond donors (Lipinski definition) is 1. The lowest BCUT2D eigenvalue weighted by atomic mass is 9.93. The van der Waals surface area contributed by atoms with Crippen LogP contribution in [0.1, 0.15) is 26.7 Å². The molecule has 1 fully saturated rings. The number of nitrogens with zero attached hydrogens (tertiary/aromatic N) is 1. The van der Waals surface area contributed by atoms with Crippen LogP contribution < -0.4 is 4.72 Å². The molecule has 0 aromatic carbocycles. The van der Waals surface area contributed by atoms with Gasteiger partial charge in [-0.2, -0.15) is 0 Å². The van der Waals surface area contributed by atoms with Gasteiger partial charge in [-0.05, 0) is 24.2 Å². The Morgan fingerprint density at radius 1 is 1.59 bits per heavy atom. The predicted molar refractivity (Wildman–Crippen MR) is 68.8 cm³/mol. The van der Waals surface area contributed by atoms with Gasteiger partial charge in [0.25, 0.3) is 10.0 Å². The molecule has 0 aliphatic heterocycles. The van der Waals surface area contributed by atoms with Crippen molar-refractivity contribution in [2.75, 3.05) is 6.54 Å². The van der Waals surface area contributed by atoms with E-state index in [1.807, 2.05) is 0 Å². The van der Waals surface area contributed by atoms with E-state index in [0.717, 1.165) is 24.2 Å². The van der Waals surface area contributed by atoms with Gasteiger partial charge in [0, 0.05) is 6.54 Å². The van der Waals surface area contributed by atoms with Crippen molar-refractivity contribution in [1.29, 1.82) is 0 Å². The maximum absolute atomic E-state index is 11.9. The average molecular weight is 295 g/mol. The molecule has 1 saturated carbocycles. The molecule has 0 atom stereocenters. The Morgan fingerprint density at radius 3 is 2.65 bits per heavy atom. The second-order valence-corrected chi connectivity index (χ2v) is 8.38. The van der Waals surface area contributed by atoms with Crippen LogP contribution >= 0.6 is 22.9 Å². The summed E-state index contributed by atoms with van der Waals surface area (Å²) >= 11 is 6.61. The summed E-state index contributed by atoms with van der Waals surface area (Å²) in [4.78, 5) is 3.74. The number of aromatic nitrogens is 1. The summed E-state index contributed by atoms with van der Waals surface area (Å²) in [5.74, 6) is 0.496. The Morgan fingerprint density at radius 2 is 2.24 bits per heavy atom. The maximum atomic E-state index is 11.9. The van der Waals surface area contributed by atoms with E-state index < -0.39 is 10.0 Å². The summed E-state index contributed by atoms with van der Waals surface area (Å²) in [7, 11) is -3.44. The van der Waals surface area contributed by atoms with E-state index in [1.165, 1.54) is 6.20 Å². The number of halogens is 1. The fraction of sp³-hybridized carbons (Fsp3) is 0.700. The minimum absolute atomic E-state index is 0.154. The Hall–Kier alpha value is -0.170. The molecular weight excluding hydrogens is 280 g/mol. The largest absolute Gasteiger partial charge is 0.251 e. The third kappa shape index (κ3) is 2.81. The van der Waals surface area contributed by atoms with Crippen molar-refractivity contribution < 1.29 is 8.42 Å². The van der Waals surface area contributed by atoms with Crippen LogP contribution in [0.4, 0.5) is 0 Å². The van der Waals surface area contributed by atoms with E-state index in [4.69, 9.17) is 11.6 Å². The number of hydrogen-bond acceptors (Lipinski definition) is 4. The normalized spacial score (nSPS) is 18.6. The minimum atomic E-state index is -3.44. The third-order valence-corrected chi connectivity index (χ3v) is 6.43. The zero-order valence-electron chi connectivity index (χ0n) is 9.73. The summed E-state index contributed by atoms with van der Waals surface area (Å²) in [5.41, 5.74) is 0.154. The number of nitrogens with one attached hydrogen (secondary N) is 1. The van der Waals surface area contributed by atoms with Gasteiger partial charge in [0.1, 0.15) is 0 Å². The molecule has 0 spiro atoms. The molecule has 4 nitrogen and oxygen atoms in total. The predicted octanol–water partition coefficient (Wildman–Crippen LogP) is 2.51. The SMILES string of the molecule is CC(C)C1(CNS(=O)(=O)c2cnc(Cl)s2)CC1. The first-order valence-electron chi connectivity index (χ1n) is 5.47. The van der Waals surface area contributed by atoms with Gasteiger partial charge in [-0.1, -0.05) is 36.8 Å². The highest BCUT2D eigenvalue weighted by Crippen LogP contribution is 2.51. The molecule has 1 heterocycles. The molecule has 96 valence electrons. The Balaban J connectivity index is 2.04. The van der Waals surface area contributed by atoms with E-state index >= 15 is 0 Å². The fourth-order valence-corrected chi connectivity index (χ4v) is 4.27. The van der Waals surface area contributed by atoms with Crippen molar-refractivity contribution in [3.05, 3.63) is 10.7 Å². The first kappa shape index (κ1) is 13.3. The molecule has 1 aliphatic carbocycles. The number of thiazole rings is 1. The van der Waals surface area contributed by atoms with E-state index in [1.54, 1.807) is 0 Å². The first-order chi connectivity index (χ1) is 7.86. The van der Waals surface area contributed by atoms with Crippen molar-refractivity contribution in [2.45, 2.75) is 30.9 Å². The molecule has 0 unspecified atom stereocenters. The van der Waals surface area contributed by atoms with Crippen LogP contribution in [-0.4, -0.2) is 19.9 Å². The minimum Gasteiger partial charge on any atom is -0.232 e. The fourth-order valence-electron chi connectivity index (χ4n) is 1.79. The molecule has 1 aromatic rings. The summed E-state index contributed by atoms with van der Waals surface area (Å²) in [6, 6.07) is 0. The monoisotopic (exact) mass is 294 g/mol. The van der Waals surface area contributed by atoms with Crippen molar-refractivity contribution in [3.63, 3.8) is 0 Å². The van der Waals surface area contributed by atoms with Crippen LogP contribution in [0.15, 0.2) is 10.4 Å². The van der Waals surface area contributed by atoms with Crippen LogP contribution in [0.25, 0.3) is 0 Å². The van der Waals surface area contributed by atoms with Gasteiger partial charge in [-0.15, -0.1) is 0 Å². The number of sulfonamides is 1. The average Bonchev–Trinajstić information content (AvgIpc) is 2.92. The molecule has 0 saturated heterocycles. The summed E-state index contributed by atoms with van der Waals surface area (Å²) in [5, 5.41) is 0. The van der Waals surface area contributed by atoms with E-state index in [9.17, 15) is 8.42 Å². The number of rotatable bonds is 5. The van der Waals surface area contributed by atoms with Crippen LogP contribution in [0, 0.1) is 11.3 Å². The van der Waals surface area contributed by atoms with Crippen molar-refractivity contribution in [1.82, 2.24) is 9.71 Å². The second-order valence-electron chi connectivity index (χ2n) is 4.77. The van der Waals surface area contributed by atoms with Crippen molar-refractivity contribution >= 4 is 33.0 Å². The first-order valence-corrected chi connectivity index (χ1v) is 8.14. The zero-order chi connectivity index (χ0) is 12.7. The van der Waals surface area contributed by atoms with Gasteiger partial charge in [0.2, 0.25) is 0 Å². The maximum Gasteiger partial charge on any atom is 0.251 e. The lowest BCUT2D eigenvalue weighted by Gasteiger charge is -2.19. The molecule has 0 amide bonds. The van der Waals surface area contributed by atoms with Gasteiger partial charge >= 0.3 is 0 Å². The lowest BCUT2D eigenvalue weighted by molar-refractivity contribution is 0.357. The van der Waals surface area contributed by atoms with Gasteiger partial charge in [-0.3, -0.25) is 0 Å². The molecule has 2 rings (SSSR count). The highest BCUT2D eigenvalue weighted by atomic mass is 35.5. The van der Waals surface area contributed by atoms with Crippen molar-refractivity contribution in [2.24, 2.45) is 11.3 Å². The van der Waals surface area contributed by atoms with Crippen LogP contribution in [-0.2, 0) is 10.0 Å². The molecule has 1 aliphatic rings. The van der Waals surface area contributed by atoms with E-state index in [-0.39, 0.29) is 14.1 Å². The summed E-state index contributed by atoms with van der Waals surface area (Å²) in [6.45, 7) is 4.76. The highest BCUT2D eigenvalue weighted by Gasteiger charge is 2.45. The lowest BCUT2D eigenvalue weighted by Crippen LogP contribution is -2.32. The Labute approximate surface area is 110 Å². The Kier molecular flexibility index (Phi) is 3.51. The summed E-state index contributed by atoms with van der Waals surface area (Å²) < 4.78 is 27.0. The van der Waals surface area contributed by atoms with Gasteiger partial charge in [-0.25, -0.2) is 18.1 Å². The van der Waals surface area contributed by atoms with E-state index in [0.29, 0.717) is 12.5 Å². The molecule has 0 radical (unpaired) electrons. The van der Waals surface area contributed by atoms with Crippen molar-refractivity contribution in [3.8, 4) is 0 Å². The molecular formula is C10H15ClN2O2S2. The highest BCUT2D eigenvalue weighted by molar-refractivity contribution is 7.91. The molecule has 0 bridgehead atoms. The van der Waals surface area contributed by atoms with E-state index in [2.05, 4.69) is 23.6 Å². The summed E-state index contributed by atoms with van der Waals surface area (Å²) in [6.07, 6.45) is 3.48. The van der Waals surface area contributed by atoms with Crippen LogP contribution in [0.5, 0.6) is 0 Å². The zero-order valence-corrected chi connectivity index (χ0v) is 12.1. The third-order valence-electron chi connectivity index (χ3n) is 3.45. The topological polar surface area (TPSA) is 59.1 Å². The second kappa shape index (κ2) is 4.50. The van der Waals surface area contributed by atoms with Crippen LogP contribution in [0.2, 0.25) is 4.47 Å². The molecule has 7 heteroatoms. The van der Waals surface area contributed by atoms with Gasteiger partial charge in [0.15, 0.2) is 8.68 Å². The van der Waals surface area contributed by atoms with Gasteiger partial charge < -0.3 is 0 Å². The molecule has 1 N–H and O–H groups in total. The smallest absolute Gasteiger partial charge is 0.232 e. The molecule has 1 aromatic heterocycles. The van der Waals surface area contributed by atoms with Crippen LogP contribution in [0.3, 0.4) is 0 Å². The standard InChI is InChI=1S/C10H15ClN2O2S2/c1-7(2)10(3-4-10)6-13-17(14,15)8-5-12-9(11)16-8/h5,7,13H,3-4,6H2,1-2H3. The van der Waals surface area contributed by atoms with Gasteiger partial charge in [0.05, 0.1) is 6.20 Å². The quantitative estimate of drug-likeness (QED) is 0.908. The Bertz CT molecular complexity index is 506.